The number of nitrogen functional groups attached to an aromatic ring is 1. The molecule has 0 aliphatic carbocycles. The first kappa shape index (κ1) is 11.4. The van der Waals surface area contributed by atoms with Gasteiger partial charge in [-0.15, -0.1) is 0 Å². The Bertz CT molecular complexity index is 354. The van der Waals surface area contributed by atoms with E-state index in [1.807, 2.05) is 6.07 Å². The van der Waals surface area contributed by atoms with Gasteiger partial charge in [0, 0.05) is 38.4 Å². The molecule has 88 valence electrons. The topological polar surface area (TPSA) is 32.5 Å². The van der Waals surface area contributed by atoms with Gasteiger partial charge in [0.15, 0.2) is 0 Å². The van der Waals surface area contributed by atoms with Gasteiger partial charge in [-0.1, -0.05) is 12.1 Å². The summed E-state index contributed by atoms with van der Waals surface area (Å²) >= 11 is 0. The Morgan fingerprint density at radius 3 is 2.50 bits per heavy atom. The lowest BCUT2D eigenvalue weighted by Crippen LogP contribution is -2.43. The predicted molar refractivity (Wildman–Crippen MR) is 68.4 cm³/mol. The van der Waals surface area contributed by atoms with Crippen molar-refractivity contribution in [2.24, 2.45) is 0 Å². The van der Waals surface area contributed by atoms with Crippen molar-refractivity contribution >= 4 is 5.69 Å². The number of anilines is 1. The molecule has 0 amide bonds. The van der Waals surface area contributed by atoms with Gasteiger partial charge in [-0.2, -0.15) is 0 Å². The lowest BCUT2D eigenvalue weighted by Gasteiger charge is -2.32. The fraction of sp³-hybridized carbons (Fsp3) is 0.538. The van der Waals surface area contributed by atoms with E-state index in [0.29, 0.717) is 0 Å². The van der Waals surface area contributed by atoms with Gasteiger partial charge in [-0.05, 0) is 31.2 Å². The summed E-state index contributed by atoms with van der Waals surface area (Å²) in [7, 11) is 2.19. The molecular formula is C13H21N3. The smallest absolute Gasteiger partial charge is 0.0343 e. The number of nitrogens with zero attached hydrogens (tertiary/aromatic N) is 2. The van der Waals surface area contributed by atoms with Gasteiger partial charge in [0.2, 0.25) is 0 Å². The van der Waals surface area contributed by atoms with Crippen LogP contribution in [0.3, 0.4) is 0 Å². The van der Waals surface area contributed by atoms with Gasteiger partial charge < -0.3 is 10.6 Å². The predicted octanol–water partition coefficient (Wildman–Crippen LogP) is 1.32. The lowest BCUT2D eigenvalue weighted by atomic mass is 10.1. The maximum absolute atomic E-state index is 5.82. The number of benzene rings is 1. The summed E-state index contributed by atoms with van der Waals surface area (Å²) in [5.74, 6) is 0. The van der Waals surface area contributed by atoms with Crippen molar-refractivity contribution in [3.8, 4) is 0 Å². The van der Waals surface area contributed by atoms with Crippen LogP contribution in [0.5, 0.6) is 0 Å². The van der Waals surface area contributed by atoms with Crippen molar-refractivity contribution < 1.29 is 0 Å². The summed E-state index contributed by atoms with van der Waals surface area (Å²) in [6.45, 7) is 7.81. The van der Waals surface area contributed by atoms with Crippen molar-refractivity contribution in [3.63, 3.8) is 0 Å². The minimum Gasteiger partial charge on any atom is -0.399 e. The molecule has 1 heterocycles. The maximum Gasteiger partial charge on any atom is 0.0343 e. The van der Waals surface area contributed by atoms with Crippen LogP contribution >= 0.6 is 0 Å². The molecule has 0 radical (unpaired) electrons. The van der Waals surface area contributed by atoms with Crippen LogP contribution in [-0.2, 0) is 6.54 Å². The van der Waals surface area contributed by atoms with Crippen LogP contribution in [0.1, 0.15) is 11.1 Å². The van der Waals surface area contributed by atoms with Crippen LogP contribution in [0.2, 0.25) is 0 Å². The summed E-state index contributed by atoms with van der Waals surface area (Å²) < 4.78 is 0. The third-order valence-electron chi connectivity index (χ3n) is 3.34. The summed E-state index contributed by atoms with van der Waals surface area (Å²) in [4.78, 5) is 4.88. The Morgan fingerprint density at radius 2 is 1.88 bits per heavy atom. The van der Waals surface area contributed by atoms with Crippen molar-refractivity contribution in [1.82, 2.24) is 9.80 Å². The van der Waals surface area contributed by atoms with E-state index in [2.05, 4.69) is 35.9 Å². The first-order valence-corrected chi connectivity index (χ1v) is 5.91. The highest BCUT2D eigenvalue weighted by atomic mass is 15.2. The summed E-state index contributed by atoms with van der Waals surface area (Å²) in [6.07, 6.45) is 0. The zero-order valence-electron chi connectivity index (χ0n) is 10.2. The Balaban J connectivity index is 1.96. The van der Waals surface area contributed by atoms with Gasteiger partial charge in [0.1, 0.15) is 0 Å². The molecule has 1 aliphatic heterocycles. The molecule has 0 atom stereocenters. The molecule has 3 heteroatoms. The molecule has 0 saturated carbocycles. The van der Waals surface area contributed by atoms with E-state index in [0.717, 1.165) is 12.2 Å². The molecule has 0 unspecified atom stereocenters. The van der Waals surface area contributed by atoms with Crippen molar-refractivity contribution in [2.75, 3.05) is 39.0 Å². The highest BCUT2D eigenvalue weighted by Crippen LogP contribution is 2.15. The molecule has 2 rings (SSSR count). The van der Waals surface area contributed by atoms with Crippen molar-refractivity contribution in [3.05, 3.63) is 29.3 Å². The molecule has 3 nitrogen and oxygen atoms in total. The molecule has 0 aromatic heterocycles. The van der Waals surface area contributed by atoms with Crippen molar-refractivity contribution in [2.45, 2.75) is 13.5 Å². The highest BCUT2D eigenvalue weighted by Gasteiger charge is 2.13. The number of nitrogens with two attached hydrogens (primary N) is 1. The Morgan fingerprint density at radius 1 is 1.19 bits per heavy atom. The van der Waals surface area contributed by atoms with Crippen LogP contribution in [0.15, 0.2) is 18.2 Å². The fourth-order valence-electron chi connectivity index (χ4n) is 2.10. The standard InChI is InChI=1S/C13H21N3/c1-11-9-12(3-4-13(11)14)10-16-7-5-15(2)6-8-16/h3-4,9H,5-8,10,14H2,1-2H3. The quantitative estimate of drug-likeness (QED) is 0.762. The maximum atomic E-state index is 5.82. The monoisotopic (exact) mass is 219 g/mol. The molecule has 2 N–H and O–H groups in total. The normalized spacial score (nSPS) is 18.9. The lowest BCUT2D eigenvalue weighted by molar-refractivity contribution is 0.148. The van der Waals surface area contributed by atoms with Crippen LogP contribution < -0.4 is 5.73 Å². The third kappa shape index (κ3) is 2.74. The number of aryl methyl sites for hydroxylation is 1. The van der Waals surface area contributed by atoms with Gasteiger partial charge >= 0.3 is 0 Å². The van der Waals surface area contributed by atoms with Crippen LogP contribution in [0.25, 0.3) is 0 Å². The highest BCUT2D eigenvalue weighted by molar-refractivity contribution is 5.47. The van der Waals surface area contributed by atoms with E-state index in [1.54, 1.807) is 0 Å². The molecule has 0 spiro atoms. The first-order chi connectivity index (χ1) is 7.65. The second-order valence-corrected chi connectivity index (χ2v) is 4.77. The second-order valence-electron chi connectivity index (χ2n) is 4.77. The zero-order chi connectivity index (χ0) is 11.5. The summed E-state index contributed by atoms with van der Waals surface area (Å²) in [5.41, 5.74) is 9.27. The number of hydrogen-bond acceptors (Lipinski definition) is 3. The van der Waals surface area contributed by atoms with Gasteiger partial charge in [0.05, 0.1) is 0 Å². The Kier molecular flexibility index (Phi) is 3.46. The van der Waals surface area contributed by atoms with Gasteiger partial charge in [0.25, 0.3) is 0 Å². The largest absolute Gasteiger partial charge is 0.399 e. The fourth-order valence-corrected chi connectivity index (χ4v) is 2.10. The minimum atomic E-state index is 0.891. The van der Waals surface area contributed by atoms with E-state index in [-0.39, 0.29) is 0 Å². The van der Waals surface area contributed by atoms with E-state index in [9.17, 15) is 0 Å². The average Bonchev–Trinajstić information content (AvgIpc) is 2.27. The molecule has 1 fully saturated rings. The Hall–Kier alpha value is -1.06. The molecule has 16 heavy (non-hydrogen) atoms. The van der Waals surface area contributed by atoms with E-state index in [1.165, 1.54) is 37.3 Å². The SMILES string of the molecule is Cc1cc(CN2CCN(C)CC2)ccc1N. The number of likely N-dealkylation sites (N-methyl/N-ethyl adjacent to an activating group) is 1. The van der Waals surface area contributed by atoms with Gasteiger partial charge in [-0.25, -0.2) is 0 Å². The van der Waals surface area contributed by atoms with E-state index < -0.39 is 0 Å². The number of rotatable bonds is 2. The van der Waals surface area contributed by atoms with E-state index in [4.69, 9.17) is 5.73 Å². The average molecular weight is 219 g/mol. The molecule has 1 saturated heterocycles. The minimum absolute atomic E-state index is 0.891. The first-order valence-electron chi connectivity index (χ1n) is 5.91. The molecule has 0 bridgehead atoms. The van der Waals surface area contributed by atoms with Crippen LogP contribution in [-0.4, -0.2) is 43.0 Å². The molecule has 1 aromatic rings. The molecular weight excluding hydrogens is 198 g/mol. The summed E-state index contributed by atoms with van der Waals surface area (Å²) in [5, 5.41) is 0. The van der Waals surface area contributed by atoms with Crippen molar-refractivity contribution in [1.29, 1.82) is 0 Å². The van der Waals surface area contributed by atoms with Gasteiger partial charge in [-0.3, -0.25) is 4.90 Å². The molecule has 1 aliphatic rings. The van der Waals surface area contributed by atoms with Crippen LogP contribution in [0, 0.1) is 6.92 Å². The third-order valence-corrected chi connectivity index (χ3v) is 3.34. The summed E-state index contributed by atoms with van der Waals surface area (Å²) in [6, 6.07) is 6.36. The van der Waals surface area contributed by atoms with E-state index >= 15 is 0 Å². The molecule has 1 aromatic carbocycles. The number of piperazine rings is 1. The Labute approximate surface area is 97.8 Å². The zero-order valence-corrected chi connectivity index (χ0v) is 10.2. The second kappa shape index (κ2) is 4.85. The van der Waals surface area contributed by atoms with Crippen LogP contribution in [0.4, 0.5) is 5.69 Å². The number of hydrogen-bond donors (Lipinski definition) is 1.